The first-order valence-corrected chi connectivity index (χ1v) is 5.98. The summed E-state index contributed by atoms with van der Waals surface area (Å²) in [6, 6.07) is 0.953. The Morgan fingerprint density at radius 3 is 2.79 bits per heavy atom. The quantitative estimate of drug-likeness (QED) is 0.537. The van der Waals surface area contributed by atoms with E-state index in [1.165, 1.54) is 32.1 Å². The molecule has 80 valence electrons. The predicted octanol–water partition coefficient (Wildman–Crippen LogP) is 2.96. The van der Waals surface area contributed by atoms with Gasteiger partial charge in [0.2, 0.25) is 0 Å². The van der Waals surface area contributed by atoms with E-state index >= 15 is 0 Å². The Hall–Kier alpha value is -0.480. The van der Waals surface area contributed by atoms with Crippen LogP contribution in [0.1, 0.15) is 52.4 Å². The first-order valence-electron chi connectivity index (χ1n) is 5.98. The lowest BCUT2D eigenvalue weighted by Gasteiger charge is -2.20. The third kappa shape index (κ3) is 3.72. The molecule has 0 amide bonds. The molecule has 0 aromatic rings. The minimum Gasteiger partial charge on any atom is -0.301 e. The van der Waals surface area contributed by atoms with Crippen molar-refractivity contribution in [2.75, 3.05) is 0 Å². The van der Waals surface area contributed by atoms with Crippen molar-refractivity contribution in [3.8, 4) is 12.3 Å². The van der Waals surface area contributed by atoms with E-state index in [0.717, 1.165) is 12.3 Å². The molecule has 1 aliphatic carbocycles. The zero-order valence-electron chi connectivity index (χ0n) is 9.55. The maximum Gasteiger partial charge on any atom is 0.0686 e. The lowest BCUT2D eigenvalue weighted by molar-refractivity contribution is 0.420. The van der Waals surface area contributed by atoms with Gasteiger partial charge in [0.1, 0.15) is 0 Å². The van der Waals surface area contributed by atoms with Crippen molar-refractivity contribution >= 4 is 0 Å². The Bertz CT molecular complexity index is 192. The molecule has 1 fully saturated rings. The number of terminal acetylenes is 1. The number of rotatable bonds is 3. The SMILES string of the molecule is C#CC(CC)NC1CCCC(C)CC1. The topological polar surface area (TPSA) is 12.0 Å². The van der Waals surface area contributed by atoms with Gasteiger partial charge in [0.15, 0.2) is 0 Å². The third-order valence-corrected chi connectivity index (χ3v) is 3.30. The molecule has 0 aliphatic heterocycles. The average molecular weight is 193 g/mol. The molecular weight excluding hydrogens is 170 g/mol. The molecule has 1 nitrogen and oxygen atoms in total. The summed E-state index contributed by atoms with van der Waals surface area (Å²) in [4.78, 5) is 0. The summed E-state index contributed by atoms with van der Waals surface area (Å²) >= 11 is 0. The Labute approximate surface area is 88.7 Å². The van der Waals surface area contributed by atoms with Crippen molar-refractivity contribution in [3.05, 3.63) is 0 Å². The molecule has 0 saturated heterocycles. The van der Waals surface area contributed by atoms with E-state index in [2.05, 4.69) is 25.1 Å². The summed E-state index contributed by atoms with van der Waals surface area (Å²) in [5, 5.41) is 3.58. The minimum atomic E-state index is 0.286. The molecule has 3 atom stereocenters. The molecule has 3 unspecified atom stereocenters. The Kier molecular flexibility index (Phi) is 5.04. The molecule has 1 saturated carbocycles. The fourth-order valence-electron chi connectivity index (χ4n) is 2.22. The van der Waals surface area contributed by atoms with Gasteiger partial charge in [0.05, 0.1) is 6.04 Å². The van der Waals surface area contributed by atoms with Gasteiger partial charge in [-0.25, -0.2) is 0 Å². The lowest BCUT2D eigenvalue weighted by Crippen LogP contribution is -2.36. The maximum atomic E-state index is 5.45. The van der Waals surface area contributed by atoms with Crippen LogP contribution in [0.5, 0.6) is 0 Å². The van der Waals surface area contributed by atoms with Crippen molar-refractivity contribution in [1.29, 1.82) is 0 Å². The highest BCUT2D eigenvalue weighted by molar-refractivity contribution is 4.99. The zero-order valence-corrected chi connectivity index (χ0v) is 9.55. The summed E-state index contributed by atoms with van der Waals surface area (Å²) in [5.74, 6) is 3.73. The summed E-state index contributed by atoms with van der Waals surface area (Å²) in [7, 11) is 0. The highest BCUT2D eigenvalue weighted by atomic mass is 14.9. The Morgan fingerprint density at radius 1 is 1.36 bits per heavy atom. The van der Waals surface area contributed by atoms with Crippen molar-refractivity contribution in [2.45, 2.75) is 64.5 Å². The molecule has 1 heteroatoms. The van der Waals surface area contributed by atoms with Crippen molar-refractivity contribution < 1.29 is 0 Å². The maximum absolute atomic E-state index is 5.45. The van der Waals surface area contributed by atoms with Crippen LogP contribution in [0.4, 0.5) is 0 Å². The van der Waals surface area contributed by atoms with Gasteiger partial charge in [-0.2, -0.15) is 0 Å². The molecule has 1 N–H and O–H groups in total. The van der Waals surface area contributed by atoms with Crippen molar-refractivity contribution in [3.63, 3.8) is 0 Å². The fourth-order valence-corrected chi connectivity index (χ4v) is 2.22. The molecule has 0 radical (unpaired) electrons. The fraction of sp³-hybridized carbons (Fsp3) is 0.846. The van der Waals surface area contributed by atoms with Gasteiger partial charge < -0.3 is 5.32 Å². The van der Waals surface area contributed by atoms with Crippen LogP contribution in [0.2, 0.25) is 0 Å². The second-order valence-electron chi connectivity index (χ2n) is 4.60. The van der Waals surface area contributed by atoms with Crippen LogP contribution in [-0.2, 0) is 0 Å². The van der Waals surface area contributed by atoms with Crippen LogP contribution in [0.3, 0.4) is 0 Å². The molecule has 0 heterocycles. The highest BCUT2D eigenvalue weighted by Crippen LogP contribution is 2.22. The molecular formula is C13H23N. The summed E-state index contributed by atoms with van der Waals surface area (Å²) in [6.45, 7) is 4.51. The minimum absolute atomic E-state index is 0.286. The van der Waals surface area contributed by atoms with Gasteiger partial charge in [0, 0.05) is 6.04 Å². The predicted molar refractivity (Wildman–Crippen MR) is 62.1 cm³/mol. The van der Waals surface area contributed by atoms with Gasteiger partial charge in [-0.3, -0.25) is 0 Å². The van der Waals surface area contributed by atoms with Gasteiger partial charge in [0.25, 0.3) is 0 Å². The number of nitrogens with one attached hydrogen (secondary N) is 1. The van der Waals surface area contributed by atoms with E-state index in [9.17, 15) is 0 Å². The standard InChI is InChI=1S/C13H23N/c1-4-12(5-2)14-13-8-6-7-11(3)9-10-13/h1,11-14H,5-10H2,2-3H3. The number of hydrogen-bond donors (Lipinski definition) is 1. The van der Waals surface area contributed by atoms with E-state index < -0.39 is 0 Å². The van der Waals surface area contributed by atoms with Gasteiger partial charge in [-0.15, -0.1) is 6.42 Å². The monoisotopic (exact) mass is 193 g/mol. The lowest BCUT2D eigenvalue weighted by atomic mass is 10.0. The molecule has 0 bridgehead atoms. The Balaban J connectivity index is 2.33. The molecule has 0 spiro atoms. The third-order valence-electron chi connectivity index (χ3n) is 3.30. The van der Waals surface area contributed by atoms with Crippen LogP contribution in [0.15, 0.2) is 0 Å². The van der Waals surface area contributed by atoms with Crippen LogP contribution < -0.4 is 5.32 Å². The second-order valence-corrected chi connectivity index (χ2v) is 4.60. The molecule has 0 aromatic heterocycles. The van der Waals surface area contributed by atoms with Crippen LogP contribution in [0, 0.1) is 18.3 Å². The molecule has 0 aromatic carbocycles. The van der Waals surface area contributed by atoms with Gasteiger partial charge in [-0.1, -0.05) is 32.6 Å². The molecule has 1 aliphatic rings. The van der Waals surface area contributed by atoms with E-state index in [-0.39, 0.29) is 6.04 Å². The molecule has 14 heavy (non-hydrogen) atoms. The molecule has 1 rings (SSSR count). The van der Waals surface area contributed by atoms with E-state index in [1.54, 1.807) is 0 Å². The normalized spacial score (nSPS) is 30.4. The highest BCUT2D eigenvalue weighted by Gasteiger charge is 2.17. The zero-order chi connectivity index (χ0) is 10.4. The van der Waals surface area contributed by atoms with Crippen LogP contribution in [0.25, 0.3) is 0 Å². The van der Waals surface area contributed by atoms with E-state index in [4.69, 9.17) is 6.42 Å². The van der Waals surface area contributed by atoms with Crippen LogP contribution >= 0.6 is 0 Å². The van der Waals surface area contributed by atoms with Crippen LogP contribution in [-0.4, -0.2) is 12.1 Å². The van der Waals surface area contributed by atoms with E-state index in [0.29, 0.717) is 6.04 Å². The van der Waals surface area contributed by atoms with Gasteiger partial charge >= 0.3 is 0 Å². The second kappa shape index (κ2) is 6.09. The van der Waals surface area contributed by atoms with E-state index in [1.807, 2.05) is 0 Å². The first-order chi connectivity index (χ1) is 6.76. The first kappa shape index (κ1) is 11.6. The largest absolute Gasteiger partial charge is 0.301 e. The Morgan fingerprint density at radius 2 is 2.14 bits per heavy atom. The average Bonchev–Trinajstić information content (AvgIpc) is 2.40. The summed E-state index contributed by atoms with van der Waals surface area (Å²) in [6.07, 6.45) is 13.2. The van der Waals surface area contributed by atoms with Gasteiger partial charge in [-0.05, 0) is 31.6 Å². The van der Waals surface area contributed by atoms with Crippen molar-refractivity contribution in [2.24, 2.45) is 5.92 Å². The van der Waals surface area contributed by atoms with Crippen molar-refractivity contribution in [1.82, 2.24) is 5.32 Å². The summed E-state index contributed by atoms with van der Waals surface area (Å²) in [5.41, 5.74) is 0. The summed E-state index contributed by atoms with van der Waals surface area (Å²) < 4.78 is 0. The smallest absolute Gasteiger partial charge is 0.0686 e. The number of hydrogen-bond acceptors (Lipinski definition) is 1.